The van der Waals surface area contributed by atoms with E-state index in [2.05, 4.69) is 15.5 Å². The summed E-state index contributed by atoms with van der Waals surface area (Å²) in [6.45, 7) is 4.37. The molecule has 0 spiro atoms. The van der Waals surface area contributed by atoms with Gasteiger partial charge in [-0.05, 0) is 37.6 Å². The molecule has 2 aromatic carbocycles. The Kier molecular flexibility index (Phi) is 4.71. The fourth-order valence-electron chi connectivity index (χ4n) is 2.28. The van der Waals surface area contributed by atoms with Gasteiger partial charge in [-0.1, -0.05) is 29.3 Å². The van der Waals surface area contributed by atoms with E-state index in [1.165, 1.54) is 5.56 Å². The minimum atomic E-state index is 0.399. The molecule has 124 valence electrons. The van der Waals surface area contributed by atoms with Gasteiger partial charge in [-0.2, -0.15) is 0 Å². The molecular formula is C18H18ClN3O2. The summed E-state index contributed by atoms with van der Waals surface area (Å²) in [5, 5.41) is 12.1. The first-order valence-corrected chi connectivity index (χ1v) is 7.92. The SMILES string of the molecule is COc1cc(Cl)c(C)cc1NCc1nnc(-c2ccc(C)cc2)o1. The van der Waals surface area contributed by atoms with Gasteiger partial charge in [0.05, 0.1) is 19.3 Å². The van der Waals surface area contributed by atoms with E-state index in [1.807, 2.05) is 44.2 Å². The van der Waals surface area contributed by atoms with Gasteiger partial charge < -0.3 is 14.5 Å². The van der Waals surface area contributed by atoms with E-state index in [1.54, 1.807) is 13.2 Å². The zero-order valence-electron chi connectivity index (χ0n) is 13.8. The topological polar surface area (TPSA) is 60.2 Å². The second-order valence-corrected chi connectivity index (χ2v) is 5.93. The molecule has 1 aromatic heterocycles. The molecule has 0 saturated heterocycles. The van der Waals surface area contributed by atoms with Crippen molar-refractivity contribution < 1.29 is 9.15 Å². The Balaban J connectivity index is 1.74. The Morgan fingerprint density at radius 1 is 1.12 bits per heavy atom. The smallest absolute Gasteiger partial charge is 0.247 e. The lowest BCUT2D eigenvalue weighted by Crippen LogP contribution is -2.02. The third-order valence-electron chi connectivity index (χ3n) is 3.68. The Morgan fingerprint density at radius 3 is 2.58 bits per heavy atom. The number of nitrogens with one attached hydrogen (secondary N) is 1. The third kappa shape index (κ3) is 3.51. The average Bonchev–Trinajstić information content (AvgIpc) is 3.05. The summed E-state index contributed by atoms with van der Waals surface area (Å²) in [4.78, 5) is 0. The maximum Gasteiger partial charge on any atom is 0.247 e. The lowest BCUT2D eigenvalue weighted by Gasteiger charge is -2.11. The summed E-state index contributed by atoms with van der Waals surface area (Å²) in [6.07, 6.45) is 0. The van der Waals surface area contributed by atoms with Crippen LogP contribution in [0.4, 0.5) is 5.69 Å². The third-order valence-corrected chi connectivity index (χ3v) is 4.08. The van der Waals surface area contributed by atoms with E-state index < -0.39 is 0 Å². The van der Waals surface area contributed by atoms with E-state index >= 15 is 0 Å². The second kappa shape index (κ2) is 6.93. The lowest BCUT2D eigenvalue weighted by molar-refractivity contribution is 0.416. The Morgan fingerprint density at radius 2 is 1.88 bits per heavy atom. The normalized spacial score (nSPS) is 10.7. The number of halogens is 1. The van der Waals surface area contributed by atoms with E-state index in [0.717, 1.165) is 16.8 Å². The van der Waals surface area contributed by atoms with Gasteiger partial charge in [0.25, 0.3) is 0 Å². The Hall–Kier alpha value is -2.53. The van der Waals surface area contributed by atoms with Gasteiger partial charge >= 0.3 is 0 Å². The van der Waals surface area contributed by atoms with Crippen LogP contribution in [0.25, 0.3) is 11.5 Å². The van der Waals surface area contributed by atoms with Gasteiger partial charge in [0.1, 0.15) is 5.75 Å². The predicted molar refractivity (Wildman–Crippen MR) is 94.5 cm³/mol. The fraction of sp³-hybridized carbons (Fsp3) is 0.222. The summed E-state index contributed by atoms with van der Waals surface area (Å²) in [7, 11) is 1.61. The molecule has 3 rings (SSSR count). The van der Waals surface area contributed by atoms with Gasteiger partial charge in [-0.25, -0.2) is 0 Å². The van der Waals surface area contributed by atoms with Crippen LogP contribution >= 0.6 is 11.6 Å². The van der Waals surface area contributed by atoms with Gasteiger partial charge in [-0.15, -0.1) is 10.2 Å². The number of aryl methyl sites for hydroxylation is 2. The maximum absolute atomic E-state index is 6.12. The summed E-state index contributed by atoms with van der Waals surface area (Å²) in [5.41, 5.74) is 3.88. The van der Waals surface area contributed by atoms with Crippen LogP contribution in [0.5, 0.6) is 5.75 Å². The molecule has 24 heavy (non-hydrogen) atoms. The van der Waals surface area contributed by atoms with Crippen LogP contribution in [0.2, 0.25) is 5.02 Å². The van der Waals surface area contributed by atoms with Crippen molar-refractivity contribution in [1.82, 2.24) is 10.2 Å². The number of benzene rings is 2. The van der Waals surface area contributed by atoms with Crippen LogP contribution in [0.3, 0.4) is 0 Å². The summed E-state index contributed by atoms with van der Waals surface area (Å²) in [5.74, 6) is 1.68. The van der Waals surface area contributed by atoms with Crippen molar-refractivity contribution in [3.05, 3.63) is 58.4 Å². The van der Waals surface area contributed by atoms with Crippen molar-refractivity contribution in [2.45, 2.75) is 20.4 Å². The van der Waals surface area contributed by atoms with Gasteiger partial charge in [0.15, 0.2) is 0 Å². The molecule has 0 atom stereocenters. The average molecular weight is 344 g/mol. The minimum Gasteiger partial charge on any atom is -0.495 e. The zero-order valence-corrected chi connectivity index (χ0v) is 14.5. The van der Waals surface area contributed by atoms with Gasteiger partial charge in [-0.3, -0.25) is 0 Å². The molecule has 5 nitrogen and oxygen atoms in total. The Bertz CT molecular complexity index is 844. The molecule has 0 bridgehead atoms. The molecule has 0 radical (unpaired) electrons. The number of nitrogens with zero attached hydrogens (tertiary/aromatic N) is 2. The summed E-state index contributed by atoms with van der Waals surface area (Å²) >= 11 is 6.12. The first-order chi connectivity index (χ1) is 11.6. The molecule has 0 unspecified atom stereocenters. The van der Waals surface area contributed by atoms with Gasteiger partial charge in [0, 0.05) is 16.7 Å². The van der Waals surface area contributed by atoms with Crippen molar-refractivity contribution in [3.63, 3.8) is 0 Å². The maximum atomic E-state index is 6.12. The standard InChI is InChI=1S/C18H18ClN3O2/c1-11-4-6-13(7-5-11)18-22-21-17(24-18)10-20-15-8-12(2)14(19)9-16(15)23-3/h4-9,20H,10H2,1-3H3. The fourth-order valence-corrected chi connectivity index (χ4v) is 2.43. The van der Waals surface area contributed by atoms with E-state index in [-0.39, 0.29) is 0 Å². The van der Waals surface area contributed by atoms with Crippen molar-refractivity contribution >= 4 is 17.3 Å². The number of hydrogen-bond donors (Lipinski definition) is 1. The number of anilines is 1. The van der Waals surface area contributed by atoms with Crippen LogP contribution in [0, 0.1) is 13.8 Å². The quantitative estimate of drug-likeness (QED) is 0.732. The second-order valence-electron chi connectivity index (χ2n) is 5.52. The number of rotatable bonds is 5. The van der Waals surface area contributed by atoms with Crippen LogP contribution in [0.15, 0.2) is 40.8 Å². The molecular weight excluding hydrogens is 326 g/mol. The highest BCUT2D eigenvalue weighted by atomic mass is 35.5. The Labute approximate surface area is 145 Å². The predicted octanol–water partition coefficient (Wildman–Crippen LogP) is 4.63. The number of methoxy groups -OCH3 is 1. The van der Waals surface area contributed by atoms with Crippen LogP contribution in [-0.2, 0) is 6.54 Å². The molecule has 1 heterocycles. The minimum absolute atomic E-state index is 0.399. The van der Waals surface area contributed by atoms with Crippen LogP contribution in [-0.4, -0.2) is 17.3 Å². The highest BCUT2D eigenvalue weighted by molar-refractivity contribution is 6.31. The van der Waals surface area contributed by atoms with Crippen LogP contribution < -0.4 is 10.1 Å². The van der Waals surface area contributed by atoms with Crippen molar-refractivity contribution in [3.8, 4) is 17.2 Å². The largest absolute Gasteiger partial charge is 0.495 e. The van der Waals surface area contributed by atoms with Crippen molar-refractivity contribution in [2.75, 3.05) is 12.4 Å². The monoisotopic (exact) mass is 343 g/mol. The molecule has 0 saturated carbocycles. The molecule has 0 aliphatic carbocycles. The molecule has 3 aromatic rings. The lowest BCUT2D eigenvalue weighted by atomic mass is 10.1. The van der Waals surface area contributed by atoms with Gasteiger partial charge in [0.2, 0.25) is 11.8 Å². The summed E-state index contributed by atoms with van der Waals surface area (Å²) < 4.78 is 11.0. The van der Waals surface area contributed by atoms with E-state index in [0.29, 0.717) is 29.1 Å². The zero-order chi connectivity index (χ0) is 17.1. The van der Waals surface area contributed by atoms with Crippen molar-refractivity contribution in [1.29, 1.82) is 0 Å². The number of aromatic nitrogens is 2. The molecule has 0 amide bonds. The van der Waals surface area contributed by atoms with E-state index in [9.17, 15) is 0 Å². The highest BCUT2D eigenvalue weighted by Gasteiger charge is 2.11. The molecule has 0 aliphatic heterocycles. The first-order valence-electron chi connectivity index (χ1n) is 7.54. The molecule has 0 fully saturated rings. The molecule has 1 N–H and O–H groups in total. The van der Waals surface area contributed by atoms with E-state index in [4.69, 9.17) is 20.8 Å². The first kappa shape index (κ1) is 16.3. The number of hydrogen-bond acceptors (Lipinski definition) is 5. The number of ether oxygens (including phenoxy) is 1. The van der Waals surface area contributed by atoms with Crippen LogP contribution in [0.1, 0.15) is 17.0 Å². The highest BCUT2D eigenvalue weighted by Crippen LogP contribution is 2.31. The molecule has 6 heteroatoms. The van der Waals surface area contributed by atoms with Crippen molar-refractivity contribution in [2.24, 2.45) is 0 Å². The molecule has 0 aliphatic rings. The summed E-state index contributed by atoms with van der Waals surface area (Å²) in [6, 6.07) is 11.7.